The van der Waals surface area contributed by atoms with Gasteiger partial charge in [0.2, 0.25) is 5.91 Å². The zero-order valence-electron chi connectivity index (χ0n) is 16.9. The van der Waals surface area contributed by atoms with Crippen molar-refractivity contribution in [1.29, 1.82) is 0 Å². The number of phenols is 1. The summed E-state index contributed by atoms with van der Waals surface area (Å²) in [6.45, 7) is 3.19. The van der Waals surface area contributed by atoms with Gasteiger partial charge in [-0.05, 0) is 74.2 Å². The third kappa shape index (κ3) is 6.65. The first-order chi connectivity index (χ1) is 14.0. The summed E-state index contributed by atoms with van der Waals surface area (Å²) in [6.07, 6.45) is 3.63. The molecule has 0 atom stereocenters. The van der Waals surface area contributed by atoms with Gasteiger partial charge in [-0.1, -0.05) is 23.7 Å². The lowest BCUT2D eigenvalue weighted by atomic mass is 9.92. The fourth-order valence-electron chi connectivity index (χ4n) is 3.76. The third-order valence-corrected chi connectivity index (χ3v) is 5.78. The number of phenolic OH excluding ortho intramolecular Hbond substituents is 1. The fourth-order valence-corrected chi connectivity index (χ4v) is 3.97. The summed E-state index contributed by atoms with van der Waals surface area (Å²) in [5, 5.41) is 13.7. The number of piperidine rings is 1. The molecule has 1 aliphatic rings. The van der Waals surface area contributed by atoms with Crippen molar-refractivity contribution in [2.24, 2.45) is 5.92 Å². The van der Waals surface area contributed by atoms with Crippen LogP contribution in [0.5, 0.6) is 11.5 Å². The predicted octanol–water partition coefficient (Wildman–Crippen LogP) is 4.36. The highest BCUT2D eigenvalue weighted by Crippen LogP contribution is 2.27. The lowest BCUT2D eigenvalue weighted by Gasteiger charge is -2.32. The summed E-state index contributed by atoms with van der Waals surface area (Å²) in [4.78, 5) is 14.5. The molecule has 29 heavy (non-hydrogen) atoms. The molecule has 0 spiro atoms. The molecule has 1 saturated heterocycles. The van der Waals surface area contributed by atoms with Crippen molar-refractivity contribution < 1.29 is 14.6 Å². The number of ether oxygens (including phenoxy) is 1. The van der Waals surface area contributed by atoms with Crippen LogP contribution in [0.2, 0.25) is 5.02 Å². The van der Waals surface area contributed by atoms with Gasteiger partial charge in [-0.3, -0.25) is 9.69 Å². The number of benzene rings is 2. The predicted molar refractivity (Wildman–Crippen MR) is 115 cm³/mol. The number of carbonyl (C=O) groups is 1. The minimum atomic E-state index is 0.0914. The highest BCUT2D eigenvalue weighted by atomic mass is 35.5. The summed E-state index contributed by atoms with van der Waals surface area (Å²) < 4.78 is 5.25. The molecule has 1 fully saturated rings. The van der Waals surface area contributed by atoms with Crippen LogP contribution in [0.3, 0.4) is 0 Å². The minimum absolute atomic E-state index is 0.0914. The Morgan fingerprint density at radius 2 is 2.03 bits per heavy atom. The number of likely N-dealkylation sites (tertiary alicyclic amines) is 1. The van der Waals surface area contributed by atoms with E-state index in [1.54, 1.807) is 19.2 Å². The van der Waals surface area contributed by atoms with Gasteiger partial charge in [0.05, 0.1) is 7.11 Å². The summed E-state index contributed by atoms with van der Waals surface area (Å²) in [5.41, 5.74) is 1.91. The highest BCUT2D eigenvalue weighted by molar-refractivity contribution is 6.30. The normalized spacial score (nSPS) is 15.2. The van der Waals surface area contributed by atoms with Gasteiger partial charge in [0.25, 0.3) is 0 Å². The number of nitrogens with zero attached hydrogens (tertiary/aromatic N) is 1. The molecule has 3 rings (SSSR count). The molecular formula is C23H29ClN2O3. The molecule has 1 amide bonds. The van der Waals surface area contributed by atoms with E-state index in [1.165, 1.54) is 0 Å². The van der Waals surface area contributed by atoms with Crippen LogP contribution < -0.4 is 10.1 Å². The zero-order valence-corrected chi connectivity index (χ0v) is 17.6. The van der Waals surface area contributed by atoms with Crippen molar-refractivity contribution in [3.05, 3.63) is 58.6 Å². The second-order valence-corrected chi connectivity index (χ2v) is 8.10. The van der Waals surface area contributed by atoms with Crippen molar-refractivity contribution in [2.45, 2.75) is 38.8 Å². The van der Waals surface area contributed by atoms with Crippen molar-refractivity contribution in [1.82, 2.24) is 10.2 Å². The van der Waals surface area contributed by atoms with Crippen LogP contribution in [0.15, 0.2) is 42.5 Å². The van der Waals surface area contributed by atoms with Gasteiger partial charge in [-0.15, -0.1) is 0 Å². The molecule has 156 valence electrons. The van der Waals surface area contributed by atoms with Crippen LogP contribution >= 0.6 is 11.6 Å². The SMILES string of the molecule is COc1ccc(O)c(CN2CCC(CCC(=O)NCc3cccc(Cl)c3)CC2)c1. The Morgan fingerprint density at radius 1 is 1.24 bits per heavy atom. The number of aromatic hydroxyl groups is 1. The van der Waals surface area contributed by atoms with E-state index in [-0.39, 0.29) is 5.91 Å². The molecule has 5 nitrogen and oxygen atoms in total. The maximum Gasteiger partial charge on any atom is 0.220 e. The Hall–Kier alpha value is -2.24. The molecule has 2 aromatic rings. The summed E-state index contributed by atoms with van der Waals surface area (Å²) >= 11 is 5.97. The molecule has 2 aromatic carbocycles. The van der Waals surface area contributed by atoms with E-state index in [9.17, 15) is 9.90 Å². The molecule has 0 aromatic heterocycles. The molecule has 1 aliphatic heterocycles. The van der Waals surface area contributed by atoms with Crippen molar-refractivity contribution >= 4 is 17.5 Å². The Labute approximate surface area is 177 Å². The Morgan fingerprint density at radius 3 is 2.76 bits per heavy atom. The van der Waals surface area contributed by atoms with E-state index in [0.29, 0.717) is 29.7 Å². The number of hydrogen-bond acceptors (Lipinski definition) is 4. The van der Waals surface area contributed by atoms with Crippen molar-refractivity contribution in [3.8, 4) is 11.5 Å². The van der Waals surface area contributed by atoms with Crippen LogP contribution in [0, 0.1) is 5.92 Å². The molecule has 0 radical (unpaired) electrons. The van der Waals surface area contributed by atoms with Gasteiger partial charge in [-0.25, -0.2) is 0 Å². The van der Waals surface area contributed by atoms with E-state index in [4.69, 9.17) is 16.3 Å². The molecule has 0 saturated carbocycles. The average Bonchev–Trinajstić information content (AvgIpc) is 2.73. The molecule has 1 heterocycles. The Balaban J connectivity index is 1.37. The van der Waals surface area contributed by atoms with Crippen LogP contribution in [0.25, 0.3) is 0 Å². The largest absolute Gasteiger partial charge is 0.508 e. The lowest BCUT2D eigenvalue weighted by Crippen LogP contribution is -2.33. The van der Waals surface area contributed by atoms with Crippen LogP contribution in [-0.4, -0.2) is 36.1 Å². The fraction of sp³-hybridized carbons (Fsp3) is 0.435. The smallest absolute Gasteiger partial charge is 0.220 e. The number of rotatable bonds is 8. The maximum absolute atomic E-state index is 12.2. The van der Waals surface area contributed by atoms with Crippen LogP contribution in [0.4, 0.5) is 0 Å². The van der Waals surface area contributed by atoms with Crippen molar-refractivity contribution in [2.75, 3.05) is 20.2 Å². The highest BCUT2D eigenvalue weighted by Gasteiger charge is 2.21. The monoisotopic (exact) mass is 416 g/mol. The minimum Gasteiger partial charge on any atom is -0.508 e. The Bertz CT molecular complexity index is 820. The van der Waals surface area contributed by atoms with E-state index < -0.39 is 0 Å². The number of hydrogen-bond donors (Lipinski definition) is 2. The molecule has 2 N–H and O–H groups in total. The molecule has 0 unspecified atom stereocenters. The van der Waals surface area contributed by atoms with E-state index >= 15 is 0 Å². The molecule has 0 bridgehead atoms. The number of amides is 1. The maximum atomic E-state index is 12.2. The number of carbonyl (C=O) groups excluding carboxylic acids is 1. The van der Waals surface area contributed by atoms with E-state index in [2.05, 4.69) is 10.2 Å². The zero-order chi connectivity index (χ0) is 20.6. The summed E-state index contributed by atoms with van der Waals surface area (Å²) in [5.74, 6) is 1.73. The van der Waals surface area contributed by atoms with E-state index in [1.807, 2.05) is 30.3 Å². The lowest BCUT2D eigenvalue weighted by molar-refractivity contribution is -0.121. The molecular weight excluding hydrogens is 388 g/mol. The number of halogens is 1. The van der Waals surface area contributed by atoms with Gasteiger partial charge in [0.15, 0.2) is 0 Å². The number of methoxy groups -OCH3 is 1. The first kappa shape index (κ1) is 21.5. The topological polar surface area (TPSA) is 61.8 Å². The van der Waals surface area contributed by atoms with Crippen LogP contribution in [-0.2, 0) is 17.9 Å². The van der Waals surface area contributed by atoms with Gasteiger partial charge >= 0.3 is 0 Å². The van der Waals surface area contributed by atoms with Gasteiger partial charge in [0, 0.05) is 30.1 Å². The first-order valence-electron chi connectivity index (χ1n) is 10.1. The second kappa shape index (κ2) is 10.5. The first-order valence-corrected chi connectivity index (χ1v) is 10.5. The quantitative estimate of drug-likeness (QED) is 0.671. The van der Waals surface area contributed by atoms with Crippen molar-refractivity contribution in [3.63, 3.8) is 0 Å². The summed E-state index contributed by atoms with van der Waals surface area (Å²) in [7, 11) is 1.63. The summed E-state index contributed by atoms with van der Waals surface area (Å²) in [6, 6.07) is 12.9. The molecule has 0 aliphatic carbocycles. The van der Waals surface area contributed by atoms with Crippen LogP contribution in [0.1, 0.15) is 36.8 Å². The van der Waals surface area contributed by atoms with Gasteiger partial charge in [-0.2, -0.15) is 0 Å². The molecule has 6 heteroatoms. The van der Waals surface area contributed by atoms with E-state index in [0.717, 1.165) is 55.8 Å². The number of nitrogens with one attached hydrogen (secondary N) is 1. The van der Waals surface area contributed by atoms with Gasteiger partial charge in [0.1, 0.15) is 11.5 Å². The second-order valence-electron chi connectivity index (χ2n) is 7.66. The third-order valence-electron chi connectivity index (χ3n) is 5.55. The standard InChI is InChI=1S/C23H29ClN2O3/c1-29-21-6-7-22(27)19(14-21)16-26-11-9-17(10-12-26)5-8-23(28)25-15-18-3-2-4-20(24)13-18/h2-4,6-7,13-14,17,27H,5,8-12,15-16H2,1H3,(H,25,28). The van der Waals surface area contributed by atoms with Gasteiger partial charge < -0.3 is 15.2 Å². The Kier molecular flexibility index (Phi) is 7.78. The average molecular weight is 417 g/mol.